The summed E-state index contributed by atoms with van der Waals surface area (Å²) in [7, 11) is -2.99. The summed E-state index contributed by atoms with van der Waals surface area (Å²) in [5.74, 6) is -2.33. The molecule has 2 aliphatic heterocycles. The number of carbonyl (C=O) groups excluding carboxylic acids is 3. The Balaban J connectivity index is 1.22. The van der Waals surface area contributed by atoms with Crippen LogP contribution in [0.2, 0.25) is 0 Å². The number of fused-ring (bicyclic) bond motifs is 3. The molecule has 3 heterocycles. The third-order valence-corrected chi connectivity index (χ3v) is 15.6. The topological polar surface area (TPSA) is 166 Å². The predicted octanol–water partition coefficient (Wildman–Crippen LogP) is 8.12. The smallest absolute Gasteiger partial charge is 0.408 e. The summed E-state index contributed by atoms with van der Waals surface area (Å²) in [4.78, 5) is 60.4. The number of carbonyl (C=O) groups is 3. The van der Waals surface area contributed by atoms with E-state index in [1.54, 1.807) is 18.2 Å². The molecule has 4 fully saturated rings. The van der Waals surface area contributed by atoms with E-state index in [1.807, 2.05) is 6.92 Å². The summed E-state index contributed by atoms with van der Waals surface area (Å²) >= 11 is 3.58. The number of rotatable bonds is 10. The quantitative estimate of drug-likeness (QED) is 0.169. The van der Waals surface area contributed by atoms with Gasteiger partial charge in [-0.1, -0.05) is 38.2 Å². The molecule has 6 atom stereocenters. The first kappa shape index (κ1) is 43.1. The standard InChI is InChI=1S/C42H52BrF2N4O9P/c1-3-56-36-21-35(28-18-19-34(55-2)37(43)38(28)47-36)57-27-20-33-39(50)48-42(59(53,54)24-29-30(44)15-11-16-31(29)45)22-25(42)12-7-5-4-6-8-17-32(40(51)49(33)23-27)46-41(52)58-26-13-9-10-14-26/h11,15-16,18-19,21,25-27,32-33H,3-10,12-14,17,20,22-24H2,1-2H3,(H,46,52)(H,48,50)(H,53,54)/t25-,27?,32-,33-,42-/m0/s1. The van der Waals surface area contributed by atoms with E-state index >= 15 is 0 Å². The van der Waals surface area contributed by atoms with E-state index < -0.39 is 78.0 Å². The maximum atomic E-state index is 14.9. The molecule has 59 heavy (non-hydrogen) atoms. The summed E-state index contributed by atoms with van der Waals surface area (Å²) in [6.07, 6.45) is 5.59. The molecule has 2 unspecified atom stereocenters. The number of ether oxygens (including phenoxy) is 4. The van der Waals surface area contributed by atoms with Crippen molar-refractivity contribution < 1.29 is 51.6 Å². The molecule has 2 aromatic carbocycles. The Morgan fingerprint density at radius 3 is 2.42 bits per heavy atom. The second-order valence-electron chi connectivity index (χ2n) is 16.1. The van der Waals surface area contributed by atoms with Crippen molar-refractivity contribution in [2.24, 2.45) is 5.92 Å². The highest BCUT2D eigenvalue weighted by atomic mass is 79.9. The zero-order valence-electron chi connectivity index (χ0n) is 33.4. The molecular weight excluding hydrogens is 853 g/mol. The van der Waals surface area contributed by atoms with Gasteiger partial charge in [-0.3, -0.25) is 14.2 Å². The third kappa shape index (κ3) is 9.34. The van der Waals surface area contributed by atoms with E-state index in [2.05, 4.69) is 31.5 Å². The maximum absolute atomic E-state index is 14.9. The molecule has 0 bridgehead atoms. The van der Waals surface area contributed by atoms with E-state index in [9.17, 15) is 32.6 Å². The van der Waals surface area contributed by atoms with Gasteiger partial charge in [-0.15, -0.1) is 0 Å². The molecule has 320 valence electrons. The fraction of sp³-hybridized carbons (Fsp3) is 0.571. The van der Waals surface area contributed by atoms with Crippen LogP contribution in [0.1, 0.15) is 96.0 Å². The average molecular weight is 906 g/mol. The first-order valence-corrected chi connectivity index (χ1v) is 23.3. The molecule has 1 aromatic heterocycles. The van der Waals surface area contributed by atoms with E-state index in [0.717, 1.165) is 57.1 Å². The summed E-state index contributed by atoms with van der Waals surface area (Å²) in [5, 5.41) is 4.64. The van der Waals surface area contributed by atoms with Crippen LogP contribution in [0.3, 0.4) is 0 Å². The van der Waals surface area contributed by atoms with Crippen molar-refractivity contribution in [3.05, 3.63) is 58.1 Å². The molecule has 3 N–H and O–H groups in total. The van der Waals surface area contributed by atoms with Gasteiger partial charge in [0.05, 0.1) is 36.4 Å². The molecule has 7 rings (SSSR count). The fourth-order valence-electron chi connectivity index (χ4n) is 8.94. The van der Waals surface area contributed by atoms with Crippen molar-refractivity contribution >= 4 is 52.1 Å². The number of methoxy groups -OCH3 is 1. The minimum absolute atomic E-state index is 0.0136. The zero-order valence-corrected chi connectivity index (χ0v) is 35.8. The molecule has 2 saturated heterocycles. The van der Waals surface area contributed by atoms with E-state index in [4.69, 9.17) is 18.9 Å². The van der Waals surface area contributed by atoms with Crippen molar-refractivity contribution in [2.75, 3.05) is 20.3 Å². The highest BCUT2D eigenvalue weighted by molar-refractivity contribution is 9.10. The van der Waals surface area contributed by atoms with E-state index in [1.165, 1.54) is 18.1 Å². The highest BCUT2D eigenvalue weighted by Gasteiger charge is 2.66. The number of alkyl carbamates (subject to hydrolysis) is 1. The van der Waals surface area contributed by atoms with Gasteiger partial charge in [-0.05, 0) is 98.0 Å². The predicted molar refractivity (Wildman–Crippen MR) is 219 cm³/mol. The van der Waals surface area contributed by atoms with Crippen LogP contribution in [0.15, 0.2) is 40.9 Å². The molecule has 4 aliphatic rings. The maximum Gasteiger partial charge on any atom is 0.408 e. The van der Waals surface area contributed by atoms with Crippen molar-refractivity contribution in [1.82, 2.24) is 20.5 Å². The lowest BCUT2D eigenvalue weighted by Gasteiger charge is -2.31. The van der Waals surface area contributed by atoms with Crippen LogP contribution in [0, 0.1) is 17.6 Å². The summed E-state index contributed by atoms with van der Waals surface area (Å²) in [5.41, 5.74) is -0.0167. The van der Waals surface area contributed by atoms with Gasteiger partial charge in [0.1, 0.15) is 52.7 Å². The number of benzene rings is 2. The van der Waals surface area contributed by atoms with Gasteiger partial charge < -0.3 is 39.4 Å². The van der Waals surface area contributed by atoms with E-state index in [-0.39, 0.29) is 31.4 Å². The summed E-state index contributed by atoms with van der Waals surface area (Å²) in [6.45, 7) is 2.08. The van der Waals surface area contributed by atoms with Gasteiger partial charge in [0.2, 0.25) is 25.1 Å². The Kier molecular flexibility index (Phi) is 13.4. The number of nitrogens with one attached hydrogen (secondary N) is 2. The van der Waals surface area contributed by atoms with Crippen LogP contribution in [-0.4, -0.2) is 82.5 Å². The molecule has 3 amide bonds. The normalized spacial score (nSPS) is 26.4. The van der Waals surface area contributed by atoms with Crippen LogP contribution in [0.4, 0.5) is 13.6 Å². The monoisotopic (exact) mass is 904 g/mol. The van der Waals surface area contributed by atoms with Gasteiger partial charge in [-0.2, -0.15) is 0 Å². The lowest BCUT2D eigenvalue weighted by atomic mass is 10.0. The first-order valence-electron chi connectivity index (χ1n) is 20.6. The Morgan fingerprint density at radius 2 is 1.71 bits per heavy atom. The number of pyridine rings is 1. The molecule has 2 aliphatic carbocycles. The molecular formula is C42H52BrF2N4O9P. The van der Waals surface area contributed by atoms with Gasteiger partial charge in [0, 0.05) is 23.4 Å². The minimum atomic E-state index is -4.53. The number of amides is 3. The first-order chi connectivity index (χ1) is 28.3. The molecule has 17 heteroatoms. The Bertz CT molecular complexity index is 2090. The molecule has 2 saturated carbocycles. The molecule has 3 aromatic rings. The Hall–Kier alpha value is -4.01. The van der Waals surface area contributed by atoms with Crippen LogP contribution < -0.4 is 24.8 Å². The largest absolute Gasteiger partial charge is 0.495 e. The Labute approximate surface area is 350 Å². The van der Waals surface area contributed by atoms with Crippen LogP contribution in [0.25, 0.3) is 10.9 Å². The van der Waals surface area contributed by atoms with Crippen LogP contribution in [-0.2, 0) is 25.1 Å². The van der Waals surface area contributed by atoms with Crippen molar-refractivity contribution in [3.63, 3.8) is 0 Å². The van der Waals surface area contributed by atoms with Crippen LogP contribution >= 0.6 is 23.3 Å². The van der Waals surface area contributed by atoms with Gasteiger partial charge >= 0.3 is 6.09 Å². The number of hydrogen-bond acceptors (Lipinski definition) is 9. The molecule has 0 spiro atoms. The van der Waals surface area contributed by atoms with E-state index in [0.29, 0.717) is 59.2 Å². The number of hydrogen-bond donors (Lipinski definition) is 3. The molecule has 13 nitrogen and oxygen atoms in total. The lowest BCUT2D eigenvalue weighted by Crippen LogP contribution is -2.55. The second kappa shape index (κ2) is 18.3. The Morgan fingerprint density at radius 1 is 1.02 bits per heavy atom. The van der Waals surface area contributed by atoms with Crippen LogP contribution in [0.5, 0.6) is 17.4 Å². The summed E-state index contributed by atoms with van der Waals surface area (Å²) < 4.78 is 68.3. The third-order valence-electron chi connectivity index (χ3n) is 12.2. The SMILES string of the molecule is CCOc1cc(OC2C[C@H]3C(=O)N[C@]4(P(=O)(O)Cc5c(F)cccc5F)C[C@@H]4CCCCCCC[C@H](NC(=O)OC4CCCC4)C(=O)N3C2)c2ccc(OC)c(Br)c2n1. The average Bonchev–Trinajstić information content (AvgIpc) is 3.47. The number of aromatic nitrogens is 1. The zero-order chi connectivity index (χ0) is 41.9. The fourth-order valence-corrected chi connectivity index (χ4v) is 12.0. The number of halogens is 3. The van der Waals surface area contributed by atoms with Crippen molar-refractivity contribution in [2.45, 2.75) is 126 Å². The molecule has 0 radical (unpaired) electrons. The van der Waals surface area contributed by atoms with Crippen molar-refractivity contribution in [1.29, 1.82) is 0 Å². The second-order valence-corrected chi connectivity index (χ2v) is 19.4. The van der Waals surface area contributed by atoms with Gasteiger partial charge in [0.25, 0.3) is 0 Å². The van der Waals surface area contributed by atoms with Gasteiger partial charge in [0.15, 0.2) is 0 Å². The highest BCUT2D eigenvalue weighted by Crippen LogP contribution is 2.71. The lowest BCUT2D eigenvalue weighted by molar-refractivity contribution is -0.140. The van der Waals surface area contributed by atoms with Crippen molar-refractivity contribution in [3.8, 4) is 17.4 Å². The summed E-state index contributed by atoms with van der Waals surface area (Å²) in [6, 6.07) is 6.21. The van der Waals surface area contributed by atoms with Gasteiger partial charge in [-0.25, -0.2) is 18.6 Å². The number of nitrogens with zero attached hydrogens (tertiary/aromatic N) is 2. The minimum Gasteiger partial charge on any atom is -0.495 e.